The lowest BCUT2D eigenvalue weighted by Gasteiger charge is -2.39. The summed E-state index contributed by atoms with van der Waals surface area (Å²) in [7, 11) is 0. The fourth-order valence-electron chi connectivity index (χ4n) is 20.5. The normalized spacial score (nSPS) is 18.7. The minimum atomic E-state index is 0.283. The summed E-state index contributed by atoms with van der Waals surface area (Å²) in [5.41, 5.74) is 36.7. The summed E-state index contributed by atoms with van der Waals surface area (Å²) in [6.45, 7) is 2.48. The van der Waals surface area contributed by atoms with Crippen LogP contribution in [0.1, 0.15) is 138 Å². The second-order valence-corrected chi connectivity index (χ2v) is 34.3. The van der Waals surface area contributed by atoms with Crippen LogP contribution < -0.4 is 0 Å². The summed E-state index contributed by atoms with van der Waals surface area (Å²) in [5.74, 6) is 0.632. The predicted molar refractivity (Wildman–Crippen MR) is 457 cm³/mol. The van der Waals surface area contributed by atoms with Crippen LogP contribution in [-0.4, -0.2) is 15.1 Å². The molecular formula is C103H87NS2. The van der Waals surface area contributed by atoms with Gasteiger partial charge in [-0.05, 0) is 333 Å². The van der Waals surface area contributed by atoms with E-state index in [2.05, 4.69) is 290 Å². The van der Waals surface area contributed by atoms with E-state index < -0.39 is 0 Å². The van der Waals surface area contributed by atoms with E-state index in [0.717, 1.165) is 32.1 Å². The fourth-order valence-corrected chi connectivity index (χ4v) is 23.2. The molecule has 0 N–H and O–H groups in total. The van der Waals surface area contributed by atoms with Gasteiger partial charge in [-0.2, -0.15) is 0 Å². The summed E-state index contributed by atoms with van der Waals surface area (Å²) < 4.78 is 5.32. The first-order valence-corrected chi connectivity index (χ1v) is 41.6. The van der Waals surface area contributed by atoms with Gasteiger partial charge in [-0.3, -0.25) is 0 Å². The van der Waals surface area contributed by atoms with E-state index in [0.29, 0.717) is 16.4 Å². The first-order valence-electron chi connectivity index (χ1n) is 39.8. The number of thioether (sulfide) groups is 1. The Hall–Kier alpha value is -10.0. The van der Waals surface area contributed by atoms with Crippen molar-refractivity contribution in [2.45, 2.75) is 139 Å². The highest BCUT2D eigenvalue weighted by molar-refractivity contribution is 8.00. The zero-order valence-corrected chi connectivity index (χ0v) is 62.3. The molecule has 1 nitrogen and oxygen atoms in total. The molecule has 1 aliphatic heterocycles. The van der Waals surface area contributed by atoms with Gasteiger partial charge in [-0.15, -0.1) is 23.1 Å². The molecule has 3 heterocycles. The molecule has 0 radical (unpaired) electrons. The molecule has 0 amide bonds. The van der Waals surface area contributed by atoms with Crippen LogP contribution in [0.4, 0.5) is 0 Å². The average Bonchev–Trinajstić information content (AvgIpc) is 1.35. The minimum absolute atomic E-state index is 0.283. The van der Waals surface area contributed by atoms with Gasteiger partial charge in [0.2, 0.25) is 0 Å². The van der Waals surface area contributed by atoms with E-state index in [9.17, 15) is 0 Å². The quantitative estimate of drug-likeness (QED) is 0.130. The second-order valence-electron chi connectivity index (χ2n) is 31.6. The van der Waals surface area contributed by atoms with Crippen LogP contribution in [0.25, 0.3) is 136 Å². The fraction of sp³-hybridized carbons (Fsp3) is 0.223. The van der Waals surface area contributed by atoms with Crippen molar-refractivity contribution < 1.29 is 0 Å². The number of hydrogen-bond acceptors (Lipinski definition) is 2. The number of aryl methyl sites for hydroxylation is 4. The number of fused-ring (bicyclic) bond motifs is 13. The van der Waals surface area contributed by atoms with E-state index in [1.54, 1.807) is 39.0 Å². The van der Waals surface area contributed by atoms with Gasteiger partial charge in [0.05, 0.1) is 11.0 Å². The first kappa shape index (κ1) is 64.4. The minimum Gasteiger partial charge on any atom is -0.309 e. The molecule has 0 fully saturated rings. The molecule has 5 aliphatic carbocycles. The monoisotopic (exact) mass is 1400 g/mol. The van der Waals surface area contributed by atoms with Gasteiger partial charge in [0.1, 0.15) is 0 Å². The molecule has 4 atom stereocenters. The number of allylic oxidation sites excluding steroid dienone is 5. The molecule has 21 rings (SSSR count). The Morgan fingerprint density at radius 1 is 0.368 bits per heavy atom. The molecular weight excluding hydrogens is 1320 g/mol. The number of rotatable bonds is 9. The summed E-state index contributed by atoms with van der Waals surface area (Å²) in [6.07, 6.45) is 32.0. The van der Waals surface area contributed by atoms with Gasteiger partial charge in [-0.25, -0.2) is 0 Å². The van der Waals surface area contributed by atoms with E-state index in [-0.39, 0.29) is 5.92 Å². The third kappa shape index (κ3) is 11.1. The molecule has 0 saturated heterocycles. The Labute approximate surface area is 632 Å². The van der Waals surface area contributed by atoms with Crippen LogP contribution in [0.2, 0.25) is 0 Å². The van der Waals surface area contributed by atoms with Crippen molar-refractivity contribution in [3.8, 4) is 61.3 Å². The lowest BCUT2D eigenvalue weighted by Crippen LogP contribution is -2.29. The van der Waals surface area contributed by atoms with Crippen LogP contribution in [0.15, 0.2) is 267 Å². The Morgan fingerprint density at radius 3 is 1.49 bits per heavy atom. The van der Waals surface area contributed by atoms with E-state index in [1.807, 2.05) is 11.3 Å². The molecule has 0 bridgehead atoms. The molecule has 6 aliphatic rings. The third-order valence-electron chi connectivity index (χ3n) is 25.6. The number of aromatic nitrogens is 1. The zero-order valence-electron chi connectivity index (χ0n) is 60.7. The number of hydrogen-bond donors (Lipinski definition) is 0. The SMILES string of the molecule is CC1C=CC(c2cccc3c2CCCC3)=CCC2C=C(c3cccc4c3CCCC4)CC(c3ccc4c(c3)c3cc(-c5cc(-c6cccc7c6CCCC7)cc6c5sc5ccc(-c7cccc8c7CCCC8)cc56)ccc3n4-c3ccc(-c4c5ccccc5c(-c5ccccc5)c5ccccc45)cc3)C2S1. The molecule has 0 saturated carbocycles. The summed E-state index contributed by atoms with van der Waals surface area (Å²) in [5, 5.41) is 11.2. The largest absolute Gasteiger partial charge is 0.309 e. The highest BCUT2D eigenvalue weighted by Crippen LogP contribution is 2.53. The Bertz CT molecular complexity index is 6110. The van der Waals surface area contributed by atoms with E-state index >= 15 is 0 Å². The summed E-state index contributed by atoms with van der Waals surface area (Å²) in [6, 6.07) is 95.5. The number of benzene rings is 13. The topological polar surface area (TPSA) is 4.93 Å². The van der Waals surface area contributed by atoms with Crippen molar-refractivity contribution in [1.82, 2.24) is 4.57 Å². The third-order valence-corrected chi connectivity index (χ3v) is 28.4. The average molecular weight is 1400 g/mol. The van der Waals surface area contributed by atoms with E-state index in [1.165, 1.54) is 242 Å². The van der Waals surface area contributed by atoms with Crippen molar-refractivity contribution in [3.05, 3.63) is 328 Å². The molecule has 106 heavy (non-hydrogen) atoms. The number of nitrogens with zero attached hydrogens (tertiary/aromatic N) is 1. The van der Waals surface area contributed by atoms with E-state index in [4.69, 9.17) is 0 Å². The maximum atomic E-state index is 2.79. The van der Waals surface area contributed by atoms with Gasteiger partial charge in [-0.1, -0.05) is 206 Å². The highest BCUT2D eigenvalue weighted by Gasteiger charge is 2.38. The van der Waals surface area contributed by atoms with Gasteiger partial charge < -0.3 is 4.57 Å². The summed E-state index contributed by atoms with van der Waals surface area (Å²) in [4.78, 5) is 0. The molecule has 0 spiro atoms. The highest BCUT2D eigenvalue weighted by atomic mass is 32.2. The van der Waals surface area contributed by atoms with Gasteiger partial charge in [0, 0.05) is 58.6 Å². The first-order chi connectivity index (χ1) is 52.5. The Balaban J connectivity index is 0.765. The lowest BCUT2D eigenvalue weighted by atomic mass is 9.73. The van der Waals surface area contributed by atoms with Crippen molar-refractivity contribution in [1.29, 1.82) is 0 Å². The maximum Gasteiger partial charge on any atom is 0.0541 e. The van der Waals surface area contributed by atoms with Crippen molar-refractivity contribution in [2.24, 2.45) is 5.92 Å². The van der Waals surface area contributed by atoms with Gasteiger partial charge in [0.25, 0.3) is 0 Å². The molecule has 15 aromatic rings. The zero-order chi connectivity index (χ0) is 69.9. The summed E-state index contributed by atoms with van der Waals surface area (Å²) >= 11 is 4.22. The molecule has 516 valence electrons. The van der Waals surface area contributed by atoms with Crippen LogP contribution in [0.3, 0.4) is 0 Å². The maximum absolute atomic E-state index is 2.79. The number of thiophene rings is 1. The van der Waals surface area contributed by atoms with Crippen molar-refractivity contribution in [3.63, 3.8) is 0 Å². The van der Waals surface area contributed by atoms with Gasteiger partial charge in [0.15, 0.2) is 0 Å². The Kier molecular flexibility index (Phi) is 16.3. The van der Waals surface area contributed by atoms with Crippen molar-refractivity contribution in [2.75, 3.05) is 0 Å². The molecule has 4 unspecified atom stereocenters. The molecule has 3 heteroatoms. The van der Waals surface area contributed by atoms with Gasteiger partial charge >= 0.3 is 0 Å². The van der Waals surface area contributed by atoms with Crippen LogP contribution in [0.5, 0.6) is 0 Å². The Morgan fingerprint density at radius 2 is 0.858 bits per heavy atom. The predicted octanol–water partition coefficient (Wildman–Crippen LogP) is 28.0. The smallest absolute Gasteiger partial charge is 0.0541 e. The van der Waals surface area contributed by atoms with Crippen LogP contribution >= 0.6 is 23.1 Å². The van der Waals surface area contributed by atoms with Crippen LogP contribution in [-0.2, 0) is 51.4 Å². The standard InChI is InChI=1S/C103H87NS2/c1-64-43-44-69(83-39-17-27-65-21-5-9-31-79(65)83)45-46-75-57-76(85-41-19-29-67-23-7-11-33-81(67)85)61-91(102(75)105-64)73-49-54-97-93(58-73)94-59-74(50-55-98(94)104(97)78-52-47-71(48-53-78)101-89-37-15-13-35-87(89)100(70-25-3-2-4-26-70)88-36-14-16-38-90(88)101)92-62-77(86-42-20-30-68-24-8-12-34-82(68)86)63-96-95-60-72(51-56-99(95)106-103(92)96)84-40-18-28-66-22-6-10-32-80(66)84/h2-4,13-20,25-30,35-45,47-60,62-64,75,91,102H,5-12,21-24,31-34,46,61H2,1H3. The molecule has 13 aromatic carbocycles. The van der Waals surface area contributed by atoms with Crippen molar-refractivity contribution >= 4 is 97.8 Å². The molecule has 2 aromatic heterocycles. The van der Waals surface area contributed by atoms with Crippen LogP contribution in [0, 0.1) is 5.92 Å². The lowest BCUT2D eigenvalue weighted by molar-refractivity contribution is 0.512. The second kappa shape index (κ2) is 26.8.